The lowest BCUT2D eigenvalue weighted by Crippen LogP contribution is -2.52. The third-order valence-electron chi connectivity index (χ3n) is 14.2. The van der Waals surface area contributed by atoms with Crippen LogP contribution in [0, 0.1) is 11.8 Å². The smallest absolute Gasteiger partial charge is 0.410 e. The number of rotatable bonds is 9. The molecule has 0 aromatic heterocycles. The first-order chi connectivity index (χ1) is 30.5. The summed E-state index contributed by atoms with van der Waals surface area (Å²) in [6.45, 7) is 12.2. The molecule has 10 nitrogen and oxygen atoms in total. The molecular formula is C53H64N6O4. The largest absolute Gasteiger partial charge is 0.444 e. The maximum Gasteiger partial charge on any atom is 0.410 e. The molecule has 6 aliphatic rings. The molecule has 4 saturated heterocycles. The normalized spacial score (nSPS) is 24.8. The van der Waals surface area contributed by atoms with Gasteiger partial charge in [-0.2, -0.15) is 0 Å². The molecule has 0 spiro atoms. The van der Waals surface area contributed by atoms with Crippen LogP contribution in [0.3, 0.4) is 0 Å². The number of benzene rings is 3. The van der Waals surface area contributed by atoms with Crippen LogP contribution < -0.4 is 0 Å². The summed E-state index contributed by atoms with van der Waals surface area (Å²) >= 11 is 0. The first-order valence-electron chi connectivity index (χ1n) is 23.6. The Balaban J connectivity index is 0.792. The quantitative estimate of drug-likeness (QED) is 0.214. The Morgan fingerprint density at radius 1 is 0.635 bits per heavy atom. The Morgan fingerprint density at radius 2 is 1.17 bits per heavy atom. The van der Waals surface area contributed by atoms with Crippen molar-refractivity contribution in [1.82, 2.24) is 19.6 Å². The highest BCUT2D eigenvalue weighted by Crippen LogP contribution is 2.37. The van der Waals surface area contributed by atoms with Crippen molar-refractivity contribution in [3.05, 3.63) is 108 Å². The van der Waals surface area contributed by atoms with Crippen molar-refractivity contribution in [2.45, 2.75) is 116 Å². The third kappa shape index (κ3) is 9.33. The maximum absolute atomic E-state index is 14.4. The number of carbonyl (C=O) groups is 3. The summed E-state index contributed by atoms with van der Waals surface area (Å²) in [4.78, 5) is 59.6. The van der Waals surface area contributed by atoms with E-state index in [-0.39, 0.29) is 47.9 Å². The van der Waals surface area contributed by atoms with Gasteiger partial charge in [0.05, 0.1) is 18.0 Å². The number of piperidine rings is 2. The van der Waals surface area contributed by atoms with Crippen molar-refractivity contribution >= 4 is 40.5 Å². The zero-order valence-electron chi connectivity index (χ0n) is 37.7. The molecule has 3 aromatic carbocycles. The van der Waals surface area contributed by atoms with E-state index in [1.54, 1.807) is 4.90 Å². The van der Waals surface area contributed by atoms with Crippen LogP contribution in [0.5, 0.6) is 0 Å². The Bertz CT molecular complexity index is 2290. The molecule has 10 heteroatoms. The molecule has 0 radical (unpaired) electrons. The van der Waals surface area contributed by atoms with E-state index in [2.05, 4.69) is 89.5 Å². The van der Waals surface area contributed by atoms with Gasteiger partial charge >= 0.3 is 6.09 Å². The van der Waals surface area contributed by atoms with Crippen LogP contribution in [-0.4, -0.2) is 106 Å². The summed E-state index contributed by atoms with van der Waals surface area (Å²) < 4.78 is 5.65. The number of ether oxygens (including phenoxy) is 1. The van der Waals surface area contributed by atoms with E-state index in [0.717, 1.165) is 118 Å². The molecule has 330 valence electrons. The number of hydrogen-bond acceptors (Lipinski definition) is 7. The van der Waals surface area contributed by atoms with Gasteiger partial charge in [-0.15, -0.1) is 0 Å². The lowest BCUT2D eigenvalue weighted by atomic mass is 9.85. The molecular weight excluding hydrogens is 785 g/mol. The second-order valence-corrected chi connectivity index (χ2v) is 19.6. The van der Waals surface area contributed by atoms with E-state index in [0.29, 0.717) is 13.1 Å². The first kappa shape index (κ1) is 42.9. The maximum atomic E-state index is 14.4. The summed E-state index contributed by atoms with van der Waals surface area (Å²) in [5.74, 6) is 0.310. The Labute approximate surface area is 373 Å². The topological polar surface area (TPSA) is 98.1 Å². The van der Waals surface area contributed by atoms with Gasteiger partial charge in [0, 0.05) is 62.8 Å². The molecule has 6 aliphatic heterocycles. The van der Waals surface area contributed by atoms with Crippen LogP contribution in [-0.2, 0) is 14.3 Å². The number of amides is 3. The van der Waals surface area contributed by atoms with Gasteiger partial charge in [-0.05, 0) is 124 Å². The zero-order valence-corrected chi connectivity index (χ0v) is 37.7. The van der Waals surface area contributed by atoms with Crippen LogP contribution in [0.4, 0.5) is 4.79 Å². The molecule has 0 N–H and O–H groups in total. The van der Waals surface area contributed by atoms with Crippen molar-refractivity contribution in [1.29, 1.82) is 0 Å². The summed E-state index contributed by atoms with van der Waals surface area (Å²) in [5.41, 5.74) is 9.66. The van der Waals surface area contributed by atoms with Gasteiger partial charge in [-0.25, -0.2) is 4.79 Å². The second kappa shape index (κ2) is 18.4. The van der Waals surface area contributed by atoms with E-state index < -0.39 is 5.60 Å². The van der Waals surface area contributed by atoms with Crippen molar-refractivity contribution < 1.29 is 19.1 Å². The number of hydrogen-bond donors (Lipinski definition) is 0. The average Bonchev–Trinajstić information content (AvgIpc) is 4.14. The average molecular weight is 849 g/mol. The minimum atomic E-state index is -0.573. The molecule has 3 aromatic rings. The van der Waals surface area contributed by atoms with Crippen molar-refractivity contribution in [3.8, 4) is 11.1 Å². The fourth-order valence-electron chi connectivity index (χ4n) is 10.7. The minimum absolute atomic E-state index is 0.0133. The van der Waals surface area contributed by atoms with Crippen LogP contribution in [0.15, 0.2) is 101 Å². The summed E-state index contributed by atoms with van der Waals surface area (Å²) in [6.07, 6.45) is 13.3. The predicted molar refractivity (Wildman–Crippen MR) is 251 cm³/mol. The highest BCUT2D eigenvalue weighted by molar-refractivity contribution is 6.04. The SMILES string of the molecule is CC1CCN(C(=O)OC(C)(C)C)CC1C(=O)N1CCC[C@H]1C1=NC=C(c2ccc(-c3ccc(C4=CN=C([C@@H]5CCCN5C(=O)[C@@H](c5ccccc5)N5CCCCC5)C4)cc3)cc2)C1. The molecule has 3 amide bonds. The lowest BCUT2D eigenvalue weighted by molar-refractivity contribution is -0.139. The highest BCUT2D eigenvalue weighted by Gasteiger charge is 2.43. The van der Waals surface area contributed by atoms with E-state index >= 15 is 0 Å². The van der Waals surface area contributed by atoms with Crippen LogP contribution in [0.2, 0.25) is 0 Å². The lowest BCUT2D eigenvalue weighted by Gasteiger charge is -2.39. The van der Waals surface area contributed by atoms with Gasteiger partial charge in [0.25, 0.3) is 0 Å². The fourth-order valence-corrected chi connectivity index (χ4v) is 10.7. The van der Waals surface area contributed by atoms with Crippen molar-refractivity contribution in [2.75, 3.05) is 39.3 Å². The number of aliphatic imine (C=N–C) groups is 2. The Hall–Kier alpha value is -5.35. The molecule has 4 fully saturated rings. The van der Waals surface area contributed by atoms with Crippen molar-refractivity contribution in [3.63, 3.8) is 0 Å². The number of allylic oxidation sites excluding steroid dienone is 2. The van der Waals surface area contributed by atoms with E-state index in [4.69, 9.17) is 14.7 Å². The summed E-state index contributed by atoms with van der Waals surface area (Å²) in [5, 5.41) is 0. The molecule has 5 atom stereocenters. The molecule has 9 rings (SSSR count). The molecule has 2 unspecified atom stereocenters. The Morgan fingerprint density at radius 3 is 1.75 bits per heavy atom. The standard InChI is InChI=1S/C53H64N6O4/c1-36-25-30-57(52(62)63-53(2,3)4)35-44(36)50(60)58-28-11-15-47(58)45-31-42(33-54-45)39-21-17-37(18-22-39)38-19-23-40(24-20-38)43-32-46(55-34-43)48-16-12-29-59(48)51(61)49(41-13-7-5-8-14-41)56-26-9-6-10-27-56/h5,7-8,13-14,17-24,33-34,36,44,47-49H,6,9-12,15-16,25-32,35H2,1-4H3/t36?,44?,47-,48-,49+/m0/s1. The molecule has 63 heavy (non-hydrogen) atoms. The van der Waals surface area contributed by atoms with Gasteiger partial charge < -0.3 is 19.4 Å². The molecule has 0 saturated carbocycles. The highest BCUT2D eigenvalue weighted by atomic mass is 16.6. The molecule has 0 bridgehead atoms. The monoisotopic (exact) mass is 848 g/mol. The zero-order chi connectivity index (χ0) is 43.7. The Kier molecular flexibility index (Phi) is 12.5. The molecule has 6 heterocycles. The van der Waals surface area contributed by atoms with Gasteiger partial charge in [-0.3, -0.25) is 24.5 Å². The van der Waals surface area contributed by atoms with E-state index in [1.165, 1.54) is 23.1 Å². The second-order valence-electron chi connectivity index (χ2n) is 19.6. The fraction of sp³-hybridized carbons (Fsp3) is 0.491. The number of carbonyl (C=O) groups excluding carboxylic acids is 3. The van der Waals surface area contributed by atoms with Crippen LogP contribution in [0.1, 0.15) is 115 Å². The third-order valence-corrected chi connectivity index (χ3v) is 14.2. The number of nitrogens with zero attached hydrogens (tertiary/aromatic N) is 6. The summed E-state index contributed by atoms with van der Waals surface area (Å²) in [6, 6.07) is 27.7. The van der Waals surface area contributed by atoms with Gasteiger partial charge in [-0.1, -0.05) is 92.2 Å². The molecule has 0 aliphatic carbocycles. The first-order valence-corrected chi connectivity index (χ1v) is 23.6. The van der Waals surface area contributed by atoms with E-state index in [1.807, 2.05) is 44.1 Å². The van der Waals surface area contributed by atoms with Crippen LogP contribution in [0.25, 0.3) is 22.3 Å². The minimum Gasteiger partial charge on any atom is -0.444 e. The van der Waals surface area contributed by atoms with E-state index in [9.17, 15) is 14.4 Å². The summed E-state index contributed by atoms with van der Waals surface area (Å²) in [7, 11) is 0. The predicted octanol–water partition coefficient (Wildman–Crippen LogP) is 9.83. The van der Waals surface area contributed by atoms with Gasteiger partial charge in [0.2, 0.25) is 11.8 Å². The number of likely N-dealkylation sites (tertiary alicyclic amines) is 4. The van der Waals surface area contributed by atoms with Crippen LogP contribution >= 0.6 is 0 Å². The van der Waals surface area contributed by atoms with Crippen molar-refractivity contribution in [2.24, 2.45) is 21.8 Å². The van der Waals surface area contributed by atoms with Gasteiger partial charge in [0.15, 0.2) is 0 Å². The van der Waals surface area contributed by atoms with Gasteiger partial charge in [0.1, 0.15) is 11.6 Å².